The van der Waals surface area contributed by atoms with Crippen molar-refractivity contribution in [2.45, 2.75) is 24.8 Å². The molecule has 1 amide bonds. The van der Waals surface area contributed by atoms with E-state index in [-0.39, 0.29) is 11.9 Å². The van der Waals surface area contributed by atoms with Gasteiger partial charge in [-0.3, -0.25) is 4.79 Å². The van der Waals surface area contributed by atoms with Crippen LogP contribution in [0.3, 0.4) is 0 Å². The van der Waals surface area contributed by atoms with Crippen LogP contribution in [0.4, 0.5) is 0 Å². The number of para-hydroxylation sites is 1. The van der Waals surface area contributed by atoms with Crippen molar-refractivity contribution in [3.8, 4) is 11.5 Å². The second-order valence-corrected chi connectivity index (χ2v) is 7.26. The summed E-state index contributed by atoms with van der Waals surface area (Å²) < 4.78 is 11.6. The maximum Gasteiger partial charge on any atom is 0.283 e. The standard InChI is InChI=1S/C21H21N3O3/c22-20-23-21(13-26-20)15-6-2-3-7-17(15)27-18-9-8-14(12-16(18)21)19(25)24-10-4-1-5-11-24/h2-3,6-9,12H,1,4-5,10-11,13H2,(H2,22,23)/t21-/m0/s1. The van der Waals surface area contributed by atoms with Gasteiger partial charge in [0, 0.05) is 29.8 Å². The molecule has 2 aromatic rings. The fourth-order valence-electron chi connectivity index (χ4n) is 4.22. The molecule has 1 atom stereocenters. The molecule has 5 rings (SSSR count). The SMILES string of the molecule is NC1=N[C@@]2(CO1)c1ccccc1Oc1ccc(C(=O)N3CCCCC3)cc12. The number of rotatable bonds is 1. The Hall–Kier alpha value is -3.02. The van der Waals surface area contributed by atoms with Crippen LogP contribution >= 0.6 is 0 Å². The van der Waals surface area contributed by atoms with Crippen LogP contribution < -0.4 is 10.5 Å². The first-order chi connectivity index (χ1) is 13.2. The van der Waals surface area contributed by atoms with E-state index < -0.39 is 5.54 Å². The van der Waals surface area contributed by atoms with Crippen molar-refractivity contribution in [2.75, 3.05) is 19.7 Å². The van der Waals surface area contributed by atoms with Gasteiger partial charge >= 0.3 is 0 Å². The molecule has 6 nitrogen and oxygen atoms in total. The number of nitrogens with zero attached hydrogens (tertiary/aromatic N) is 2. The highest BCUT2D eigenvalue weighted by molar-refractivity contribution is 5.95. The van der Waals surface area contributed by atoms with Gasteiger partial charge in [-0.2, -0.15) is 0 Å². The Bertz CT molecular complexity index is 949. The zero-order valence-corrected chi connectivity index (χ0v) is 15.0. The van der Waals surface area contributed by atoms with Gasteiger partial charge in [0.25, 0.3) is 11.9 Å². The number of hydrogen-bond acceptors (Lipinski definition) is 5. The van der Waals surface area contributed by atoms with Crippen LogP contribution in [0.2, 0.25) is 0 Å². The number of benzene rings is 2. The Kier molecular flexibility index (Phi) is 3.60. The summed E-state index contributed by atoms with van der Waals surface area (Å²) in [5.74, 6) is 1.48. The fourth-order valence-corrected chi connectivity index (χ4v) is 4.22. The smallest absolute Gasteiger partial charge is 0.283 e. The zero-order chi connectivity index (χ0) is 18.4. The molecule has 0 aromatic heterocycles. The minimum atomic E-state index is -0.771. The van der Waals surface area contributed by atoms with Crippen LogP contribution in [0.1, 0.15) is 40.7 Å². The van der Waals surface area contributed by atoms with Crippen LogP contribution in [0.5, 0.6) is 11.5 Å². The Balaban J connectivity index is 1.62. The quantitative estimate of drug-likeness (QED) is 0.845. The molecule has 2 aromatic carbocycles. The van der Waals surface area contributed by atoms with Gasteiger partial charge in [-0.25, -0.2) is 4.99 Å². The first-order valence-corrected chi connectivity index (χ1v) is 9.37. The summed E-state index contributed by atoms with van der Waals surface area (Å²) in [7, 11) is 0. The molecule has 3 aliphatic heterocycles. The van der Waals surface area contributed by atoms with E-state index >= 15 is 0 Å². The van der Waals surface area contributed by atoms with E-state index in [9.17, 15) is 4.79 Å². The minimum absolute atomic E-state index is 0.0578. The molecule has 0 unspecified atom stereocenters. The van der Waals surface area contributed by atoms with Gasteiger partial charge in [0.1, 0.15) is 18.1 Å². The molecule has 1 spiro atoms. The summed E-state index contributed by atoms with van der Waals surface area (Å²) in [5.41, 5.74) is 7.49. The number of carbonyl (C=O) groups is 1. The normalized spacial score (nSPS) is 23.1. The van der Waals surface area contributed by atoms with E-state index in [1.54, 1.807) is 0 Å². The number of aliphatic imine (C=N–C) groups is 1. The maximum atomic E-state index is 13.0. The van der Waals surface area contributed by atoms with Crippen molar-refractivity contribution >= 4 is 11.9 Å². The lowest BCUT2D eigenvalue weighted by Gasteiger charge is -2.34. The predicted octanol–water partition coefficient (Wildman–Crippen LogP) is 3.01. The lowest BCUT2D eigenvalue weighted by atomic mass is 9.81. The topological polar surface area (TPSA) is 77.1 Å². The summed E-state index contributed by atoms with van der Waals surface area (Å²) >= 11 is 0. The number of amides is 1. The minimum Gasteiger partial charge on any atom is -0.462 e. The van der Waals surface area contributed by atoms with Crippen molar-refractivity contribution in [2.24, 2.45) is 10.7 Å². The molecule has 3 aliphatic rings. The summed E-state index contributed by atoms with van der Waals surface area (Å²) in [6.07, 6.45) is 3.31. The van der Waals surface area contributed by atoms with Gasteiger partial charge in [0.15, 0.2) is 5.54 Å². The molecule has 27 heavy (non-hydrogen) atoms. The molecule has 0 radical (unpaired) electrons. The van der Waals surface area contributed by atoms with E-state index in [0.29, 0.717) is 17.9 Å². The van der Waals surface area contributed by atoms with E-state index in [0.717, 1.165) is 42.8 Å². The number of fused-ring (bicyclic) bond motifs is 4. The molecule has 0 bridgehead atoms. The number of piperidine rings is 1. The van der Waals surface area contributed by atoms with E-state index in [1.165, 1.54) is 6.42 Å². The molecule has 138 valence electrons. The largest absolute Gasteiger partial charge is 0.462 e. The number of amidine groups is 1. The van der Waals surface area contributed by atoms with Crippen molar-refractivity contribution < 1.29 is 14.3 Å². The second kappa shape index (κ2) is 6.01. The van der Waals surface area contributed by atoms with Crippen molar-refractivity contribution in [3.63, 3.8) is 0 Å². The Morgan fingerprint density at radius 3 is 2.59 bits per heavy atom. The molecular weight excluding hydrogens is 342 g/mol. The highest BCUT2D eigenvalue weighted by atomic mass is 16.5. The number of ether oxygens (including phenoxy) is 2. The summed E-state index contributed by atoms with van der Waals surface area (Å²) in [4.78, 5) is 19.6. The van der Waals surface area contributed by atoms with Crippen molar-refractivity contribution in [1.82, 2.24) is 4.90 Å². The molecule has 2 N–H and O–H groups in total. The van der Waals surface area contributed by atoms with E-state index in [4.69, 9.17) is 15.2 Å². The average Bonchev–Trinajstić information content (AvgIpc) is 3.10. The first-order valence-electron chi connectivity index (χ1n) is 9.37. The van der Waals surface area contributed by atoms with Gasteiger partial charge < -0.3 is 20.1 Å². The van der Waals surface area contributed by atoms with Gasteiger partial charge in [0.05, 0.1) is 0 Å². The summed E-state index contributed by atoms with van der Waals surface area (Å²) in [6, 6.07) is 13.5. The summed E-state index contributed by atoms with van der Waals surface area (Å²) in [6.45, 7) is 1.93. The van der Waals surface area contributed by atoms with Crippen LogP contribution in [0.15, 0.2) is 47.5 Å². The fraction of sp³-hybridized carbons (Fsp3) is 0.333. The lowest BCUT2D eigenvalue weighted by molar-refractivity contribution is 0.0724. The number of carbonyl (C=O) groups excluding carboxylic acids is 1. The monoisotopic (exact) mass is 363 g/mol. The zero-order valence-electron chi connectivity index (χ0n) is 15.0. The first kappa shape index (κ1) is 16.2. The van der Waals surface area contributed by atoms with Crippen LogP contribution in [-0.2, 0) is 10.3 Å². The van der Waals surface area contributed by atoms with Crippen molar-refractivity contribution in [1.29, 1.82) is 0 Å². The number of nitrogens with two attached hydrogens (primary N) is 1. The Labute approximate surface area is 157 Å². The highest BCUT2D eigenvalue weighted by Crippen LogP contribution is 2.50. The third kappa shape index (κ3) is 2.47. The molecular formula is C21H21N3O3. The van der Waals surface area contributed by atoms with Crippen LogP contribution in [0, 0.1) is 0 Å². The third-order valence-electron chi connectivity index (χ3n) is 5.60. The Morgan fingerprint density at radius 1 is 1.04 bits per heavy atom. The molecule has 3 heterocycles. The average molecular weight is 363 g/mol. The van der Waals surface area contributed by atoms with E-state index in [1.807, 2.05) is 47.4 Å². The molecule has 1 fully saturated rings. The van der Waals surface area contributed by atoms with Gasteiger partial charge in [0.2, 0.25) is 0 Å². The second-order valence-electron chi connectivity index (χ2n) is 7.26. The van der Waals surface area contributed by atoms with Gasteiger partial charge in [-0.1, -0.05) is 18.2 Å². The van der Waals surface area contributed by atoms with Gasteiger partial charge in [-0.05, 0) is 43.5 Å². The highest BCUT2D eigenvalue weighted by Gasteiger charge is 2.47. The maximum absolute atomic E-state index is 13.0. The predicted molar refractivity (Wildman–Crippen MR) is 101 cm³/mol. The van der Waals surface area contributed by atoms with E-state index in [2.05, 4.69) is 4.99 Å². The molecule has 0 aliphatic carbocycles. The lowest BCUT2D eigenvalue weighted by Crippen LogP contribution is -2.36. The van der Waals surface area contributed by atoms with Crippen LogP contribution in [0.25, 0.3) is 0 Å². The van der Waals surface area contributed by atoms with Crippen LogP contribution in [-0.4, -0.2) is 36.5 Å². The molecule has 1 saturated heterocycles. The molecule has 6 heteroatoms. The van der Waals surface area contributed by atoms with Crippen molar-refractivity contribution in [3.05, 3.63) is 59.2 Å². The number of likely N-dealkylation sites (tertiary alicyclic amines) is 1. The Morgan fingerprint density at radius 2 is 1.81 bits per heavy atom. The molecule has 0 saturated carbocycles. The summed E-state index contributed by atoms with van der Waals surface area (Å²) in [5, 5.41) is 0. The third-order valence-corrected chi connectivity index (χ3v) is 5.60. The van der Waals surface area contributed by atoms with Gasteiger partial charge in [-0.15, -0.1) is 0 Å². The number of hydrogen-bond donors (Lipinski definition) is 1.